The zero-order valence-electron chi connectivity index (χ0n) is 20.9. The molecule has 2 aromatic carbocycles. The maximum atomic E-state index is 3.16. The van der Waals surface area contributed by atoms with E-state index in [1.165, 1.54) is 40.7 Å². The maximum Gasteiger partial charge on any atom is 3.00 e. The molecule has 0 unspecified atom stereocenters. The maximum absolute atomic E-state index is 3.16. The van der Waals surface area contributed by atoms with E-state index in [1.807, 2.05) is 36.4 Å². The van der Waals surface area contributed by atoms with Crippen molar-refractivity contribution < 1.29 is 21.7 Å². The summed E-state index contributed by atoms with van der Waals surface area (Å²) in [5, 5.41) is 0. The molecule has 0 atom stereocenters. The van der Waals surface area contributed by atoms with Crippen molar-refractivity contribution in [2.24, 2.45) is 0 Å². The Morgan fingerprint density at radius 1 is 0.548 bits per heavy atom. The molecule has 31 heavy (non-hydrogen) atoms. The smallest absolute Gasteiger partial charge is 0.307 e. The largest absolute Gasteiger partial charge is 3.00 e. The molecule has 1 aliphatic rings. The van der Waals surface area contributed by atoms with Gasteiger partial charge in [-0.15, -0.1) is 11.1 Å². The molecular weight excluding hydrogens is 412 g/mol. The predicted molar refractivity (Wildman–Crippen MR) is 130 cm³/mol. The van der Waals surface area contributed by atoms with E-state index in [9.17, 15) is 0 Å². The first-order valence-corrected chi connectivity index (χ1v) is 10.5. The molecule has 0 saturated heterocycles. The summed E-state index contributed by atoms with van der Waals surface area (Å²) in [4.78, 5) is 4.26. The fraction of sp³-hybridized carbons (Fsp3) is 0.393. The van der Waals surface area contributed by atoms with Gasteiger partial charge in [0.15, 0.2) is 0 Å². The van der Waals surface area contributed by atoms with Crippen LogP contribution in [0, 0.1) is 41.7 Å². The van der Waals surface area contributed by atoms with Gasteiger partial charge in [-0.2, -0.15) is 60.7 Å². The summed E-state index contributed by atoms with van der Waals surface area (Å²) < 4.78 is 0. The van der Waals surface area contributed by atoms with Crippen molar-refractivity contribution in [3.8, 4) is 0 Å². The van der Waals surface area contributed by atoms with Crippen molar-refractivity contribution in [1.29, 1.82) is 0 Å². The SMILES string of the molecule is CN(C)Cc1[c-]cccc1.CN(C)Cc1[c-]cccc1.C[C]1[C](C)[C](C)[C](C)[C]1C.[Ti+3]. The van der Waals surface area contributed by atoms with Crippen molar-refractivity contribution in [2.45, 2.75) is 47.7 Å². The van der Waals surface area contributed by atoms with Gasteiger partial charge in [0.1, 0.15) is 0 Å². The van der Waals surface area contributed by atoms with Crippen LogP contribution in [0.5, 0.6) is 0 Å². The standard InChI is InChI=1S/C10H15.2C9H12N.Ti/c1-6-7(2)9(4)10(5)8(6)3;2*1-10(2)8-9-6-4-3-5-7-9;/h1-5H3;2*3-6H,8H2,1-2H3;/q;2*-1;+3. The molecule has 0 amide bonds. The van der Waals surface area contributed by atoms with Gasteiger partial charge in [-0.1, -0.05) is 34.6 Å². The molecule has 1 saturated carbocycles. The van der Waals surface area contributed by atoms with Crippen molar-refractivity contribution >= 4 is 0 Å². The Balaban J connectivity index is 0.000000429. The average Bonchev–Trinajstić information content (AvgIpc) is 2.87. The number of hydrogen-bond acceptors (Lipinski definition) is 2. The van der Waals surface area contributed by atoms with Gasteiger partial charge < -0.3 is 9.80 Å². The Bertz CT molecular complexity index is 582. The van der Waals surface area contributed by atoms with E-state index in [-0.39, 0.29) is 21.7 Å². The van der Waals surface area contributed by atoms with E-state index in [2.05, 4.69) is 96.9 Å². The van der Waals surface area contributed by atoms with Gasteiger partial charge in [0, 0.05) is 13.1 Å². The van der Waals surface area contributed by atoms with Gasteiger partial charge in [0.25, 0.3) is 0 Å². The van der Waals surface area contributed by atoms with E-state index in [0.717, 1.165) is 13.1 Å². The summed E-state index contributed by atoms with van der Waals surface area (Å²) in [7, 11) is 8.23. The summed E-state index contributed by atoms with van der Waals surface area (Å²) >= 11 is 0. The van der Waals surface area contributed by atoms with Crippen molar-refractivity contribution in [2.75, 3.05) is 28.2 Å². The summed E-state index contributed by atoms with van der Waals surface area (Å²) in [6, 6.07) is 22.4. The number of hydrogen-bond donors (Lipinski definition) is 0. The van der Waals surface area contributed by atoms with Gasteiger partial charge in [0.05, 0.1) is 0 Å². The molecule has 0 aromatic heterocycles. The number of rotatable bonds is 4. The van der Waals surface area contributed by atoms with Crippen LogP contribution in [-0.4, -0.2) is 38.0 Å². The topological polar surface area (TPSA) is 6.48 Å². The molecule has 164 valence electrons. The molecule has 0 bridgehead atoms. The van der Waals surface area contributed by atoms with Crippen molar-refractivity contribution in [1.82, 2.24) is 9.80 Å². The Labute approximate surface area is 208 Å². The minimum absolute atomic E-state index is 0. The molecule has 0 N–H and O–H groups in total. The molecular formula is C28H39N2Ti+. The second-order valence-corrected chi connectivity index (χ2v) is 8.38. The molecule has 3 heteroatoms. The first kappa shape index (κ1) is 30.1. The van der Waals surface area contributed by atoms with Gasteiger partial charge in [0.2, 0.25) is 0 Å². The van der Waals surface area contributed by atoms with Crippen LogP contribution in [0.3, 0.4) is 0 Å². The zero-order chi connectivity index (χ0) is 22.7. The second kappa shape index (κ2) is 15.8. The molecule has 0 aliphatic heterocycles. The van der Waals surface area contributed by atoms with E-state index in [4.69, 9.17) is 0 Å². The third-order valence-electron chi connectivity index (χ3n) is 5.33. The number of benzene rings is 2. The molecule has 2 aromatic rings. The summed E-state index contributed by atoms with van der Waals surface area (Å²) in [6.07, 6.45) is 0. The fourth-order valence-electron chi connectivity index (χ4n) is 3.15. The van der Waals surface area contributed by atoms with Crippen LogP contribution in [-0.2, 0) is 34.8 Å². The molecule has 6 radical (unpaired) electrons. The number of nitrogens with zero attached hydrogens (tertiary/aromatic N) is 2. The van der Waals surface area contributed by atoms with Gasteiger partial charge in [-0.3, -0.25) is 0 Å². The summed E-state index contributed by atoms with van der Waals surface area (Å²) in [5.74, 6) is 7.34. The van der Waals surface area contributed by atoms with Crippen LogP contribution in [0.1, 0.15) is 45.7 Å². The average molecular weight is 452 g/mol. The van der Waals surface area contributed by atoms with Gasteiger partial charge in [-0.25, -0.2) is 0 Å². The second-order valence-electron chi connectivity index (χ2n) is 8.38. The summed E-state index contributed by atoms with van der Waals surface area (Å²) in [5.41, 5.74) is 2.49. The van der Waals surface area contributed by atoms with E-state index in [0.29, 0.717) is 0 Å². The molecule has 0 spiro atoms. The first-order valence-electron chi connectivity index (χ1n) is 10.5. The molecule has 1 fully saturated rings. The van der Waals surface area contributed by atoms with E-state index in [1.54, 1.807) is 0 Å². The minimum Gasteiger partial charge on any atom is -0.307 e. The van der Waals surface area contributed by atoms with E-state index >= 15 is 0 Å². The zero-order valence-corrected chi connectivity index (χ0v) is 22.5. The van der Waals surface area contributed by atoms with Crippen molar-refractivity contribution in [3.63, 3.8) is 0 Å². The Morgan fingerprint density at radius 2 is 0.839 bits per heavy atom. The van der Waals surface area contributed by atoms with Gasteiger partial charge in [-0.05, 0) is 57.8 Å². The first-order chi connectivity index (χ1) is 14.1. The van der Waals surface area contributed by atoms with Crippen LogP contribution >= 0.6 is 0 Å². The Kier molecular flexibility index (Phi) is 15.3. The third kappa shape index (κ3) is 11.5. The van der Waals surface area contributed by atoms with Crippen LogP contribution in [0.25, 0.3) is 0 Å². The third-order valence-corrected chi connectivity index (χ3v) is 5.33. The minimum atomic E-state index is 0. The van der Waals surface area contributed by atoms with Crippen molar-refractivity contribution in [3.05, 3.63) is 101 Å². The fourth-order valence-corrected chi connectivity index (χ4v) is 3.15. The van der Waals surface area contributed by atoms with E-state index < -0.39 is 0 Å². The van der Waals surface area contributed by atoms with Crippen LogP contribution in [0.2, 0.25) is 0 Å². The molecule has 2 nitrogen and oxygen atoms in total. The monoisotopic (exact) mass is 451 g/mol. The molecule has 3 rings (SSSR count). The van der Waals surface area contributed by atoms with Crippen LogP contribution < -0.4 is 0 Å². The summed E-state index contributed by atoms with van der Waals surface area (Å²) in [6.45, 7) is 12.9. The van der Waals surface area contributed by atoms with Gasteiger partial charge >= 0.3 is 21.7 Å². The van der Waals surface area contributed by atoms with Crippen LogP contribution in [0.15, 0.2) is 48.5 Å². The quantitative estimate of drug-likeness (QED) is 0.412. The Hall–Kier alpha value is -0.926. The molecule has 0 heterocycles. The Morgan fingerprint density at radius 3 is 1.03 bits per heavy atom. The normalized spacial score (nSPS) is 15.8. The predicted octanol–water partition coefficient (Wildman–Crippen LogP) is 6.07. The van der Waals surface area contributed by atoms with Crippen LogP contribution in [0.4, 0.5) is 0 Å². The molecule has 1 aliphatic carbocycles.